The molecule has 0 aliphatic heterocycles. The maximum Gasteiger partial charge on any atom is 0.214 e. The molecule has 1 aliphatic carbocycles. The predicted molar refractivity (Wildman–Crippen MR) is 112 cm³/mol. The molecule has 1 N–H and O–H groups in total. The first kappa shape index (κ1) is 20.6. The van der Waals surface area contributed by atoms with Crippen molar-refractivity contribution in [2.24, 2.45) is 0 Å². The van der Waals surface area contributed by atoms with Gasteiger partial charge in [0, 0.05) is 17.1 Å². The van der Waals surface area contributed by atoms with Crippen molar-refractivity contribution >= 4 is 34.0 Å². The average Bonchev–Trinajstić information content (AvgIpc) is 3.09. The van der Waals surface area contributed by atoms with Crippen LogP contribution in [0.2, 0.25) is 0 Å². The zero-order valence-electron chi connectivity index (χ0n) is 17.0. The lowest BCUT2D eigenvalue weighted by Crippen LogP contribution is -2.40. The van der Waals surface area contributed by atoms with Crippen LogP contribution in [-0.4, -0.2) is 28.1 Å². The minimum absolute atomic E-state index is 0.405. The fraction of sp³-hybridized carbons (Fsp3) is 0.333. The molecule has 0 spiro atoms. The lowest BCUT2D eigenvalue weighted by Gasteiger charge is -2.17. The van der Waals surface area contributed by atoms with Gasteiger partial charge in [-0.25, -0.2) is 0 Å². The first-order valence-corrected chi connectivity index (χ1v) is 9.81. The van der Waals surface area contributed by atoms with E-state index in [9.17, 15) is 19.2 Å². The predicted octanol–water partition coefficient (Wildman–Crippen LogP) is 4.17. The zero-order chi connectivity index (χ0) is 21.1. The molecule has 1 aromatic carbocycles. The molecule has 3 rings (SSSR count). The average molecular weight is 391 g/mol. The van der Waals surface area contributed by atoms with Crippen LogP contribution in [-0.2, 0) is 25.6 Å². The molecule has 0 unspecified atom stereocenters. The summed E-state index contributed by atoms with van der Waals surface area (Å²) in [7, 11) is 0. The smallest absolute Gasteiger partial charge is 0.214 e. The van der Waals surface area contributed by atoms with Crippen LogP contribution in [0.25, 0.3) is 10.9 Å². The van der Waals surface area contributed by atoms with Crippen LogP contribution in [0.1, 0.15) is 57.1 Å². The van der Waals surface area contributed by atoms with E-state index in [0.29, 0.717) is 17.4 Å². The maximum atomic E-state index is 12.3. The molecular formula is C24H25NO4. The summed E-state index contributed by atoms with van der Waals surface area (Å²) in [6, 6.07) is 5.66. The zero-order valence-corrected chi connectivity index (χ0v) is 17.0. The molecule has 150 valence electrons. The van der Waals surface area contributed by atoms with Crippen molar-refractivity contribution in [3.8, 4) is 0 Å². The molecule has 1 heterocycles. The molecule has 29 heavy (non-hydrogen) atoms. The highest BCUT2D eigenvalue weighted by molar-refractivity contribution is 6.61. The number of benzene rings is 1. The minimum atomic E-state index is -1.32. The maximum absolute atomic E-state index is 12.3. The number of allylic oxidation sites excluding steroid dienone is 4. The Labute approximate surface area is 169 Å². The van der Waals surface area contributed by atoms with Gasteiger partial charge >= 0.3 is 0 Å². The van der Waals surface area contributed by atoms with Gasteiger partial charge in [0.25, 0.3) is 0 Å². The molecule has 1 aromatic heterocycles. The number of aromatic nitrogens is 1. The number of para-hydroxylation sites is 1. The van der Waals surface area contributed by atoms with Gasteiger partial charge in [0.05, 0.1) is 6.42 Å². The van der Waals surface area contributed by atoms with Crippen molar-refractivity contribution in [2.75, 3.05) is 0 Å². The lowest BCUT2D eigenvalue weighted by atomic mass is 9.80. The van der Waals surface area contributed by atoms with E-state index in [0.717, 1.165) is 23.9 Å². The number of hydrogen-bond acceptors (Lipinski definition) is 4. The third kappa shape index (κ3) is 4.34. The van der Waals surface area contributed by atoms with Crippen LogP contribution in [0.3, 0.4) is 0 Å². The Balaban J connectivity index is 1.88. The number of hydrogen-bond donors (Lipinski definition) is 1. The Kier molecular flexibility index (Phi) is 6.06. The van der Waals surface area contributed by atoms with E-state index < -0.39 is 35.5 Å². The Morgan fingerprint density at radius 1 is 1.03 bits per heavy atom. The normalized spacial score (nSPS) is 16.0. The highest BCUT2D eigenvalue weighted by Gasteiger charge is 2.43. The summed E-state index contributed by atoms with van der Waals surface area (Å²) in [6.07, 6.45) is 8.07. The quantitative estimate of drug-likeness (QED) is 0.455. The Hall–Kier alpha value is -3.08. The molecule has 0 saturated heterocycles. The number of nitrogens with one attached hydrogen (secondary N) is 1. The van der Waals surface area contributed by atoms with Gasteiger partial charge in [-0.05, 0) is 51.2 Å². The van der Waals surface area contributed by atoms with E-state index in [1.807, 2.05) is 12.1 Å². The van der Waals surface area contributed by atoms with Gasteiger partial charge in [0.1, 0.15) is 5.92 Å². The molecule has 0 bridgehead atoms. The van der Waals surface area contributed by atoms with Crippen molar-refractivity contribution in [3.63, 3.8) is 0 Å². The Morgan fingerprint density at radius 3 is 2.38 bits per heavy atom. The molecule has 5 nitrogen and oxygen atoms in total. The number of carbonyl (C=O) groups is 4. The van der Waals surface area contributed by atoms with Gasteiger partial charge in [-0.1, -0.05) is 41.5 Å². The summed E-state index contributed by atoms with van der Waals surface area (Å²) < 4.78 is 0. The van der Waals surface area contributed by atoms with Crippen LogP contribution < -0.4 is 0 Å². The van der Waals surface area contributed by atoms with Crippen LogP contribution in [0.4, 0.5) is 0 Å². The van der Waals surface area contributed by atoms with Crippen molar-refractivity contribution in [1.82, 2.24) is 4.98 Å². The van der Waals surface area contributed by atoms with E-state index in [1.165, 1.54) is 11.1 Å². The molecule has 0 atom stereocenters. The van der Waals surface area contributed by atoms with Crippen molar-refractivity contribution in [2.45, 2.75) is 52.4 Å². The highest BCUT2D eigenvalue weighted by atomic mass is 16.2. The van der Waals surface area contributed by atoms with E-state index in [1.54, 1.807) is 12.3 Å². The lowest BCUT2D eigenvalue weighted by molar-refractivity contribution is -0.149. The molecular weight excluding hydrogens is 366 g/mol. The number of rotatable bonds is 6. The van der Waals surface area contributed by atoms with Crippen LogP contribution in [0.5, 0.6) is 0 Å². The summed E-state index contributed by atoms with van der Waals surface area (Å²) in [6.45, 7) is 6.28. The highest BCUT2D eigenvalue weighted by Crippen LogP contribution is 2.32. The van der Waals surface area contributed by atoms with Gasteiger partial charge in [-0.3, -0.25) is 19.2 Å². The summed E-state index contributed by atoms with van der Waals surface area (Å²) in [5, 5.41) is 0.701. The Bertz CT molecular complexity index is 1040. The number of ketones is 4. The van der Waals surface area contributed by atoms with Crippen molar-refractivity contribution in [1.29, 1.82) is 0 Å². The summed E-state index contributed by atoms with van der Waals surface area (Å²) in [5.74, 6) is -4.50. The second kappa shape index (κ2) is 8.52. The van der Waals surface area contributed by atoms with Crippen LogP contribution in [0, 0.1) is 0 Å². The second-order valence-electron chi connectivity index (χ2n) is 7.84. The van der Waals surface area contributed by atoms with Crippen molar-refractivity contribution < 1.29 is 19.2 Å². The standard InChI is InChI=1S/C24H25NO4/c1-14(2)6-4-7-15(3)10-11-16-8-5-9-17-18(13-25-22(16)17)21-23(28)19(26)12-20(27)24(21)29/h5-6,8-10,13,21,25H,4,7,11-12H2,1-3H3/b15-10+. The largest absolute Gasteiger partial charge is 0.361 e. The third-order valence-electron chi connectivity index (χ3n) is 5.30. The first-order chi connectivity index (χ1) is 13.8. The van der Waals surface area contributed by atoms with Crippen molar-refractivity contribution in [3.05, 3.63) is 58.8 Å². The monoisotopic (exact) mass is 391 g/mol. The van der Waals surface area contributed by atoms with Gasteiger partial charge in [-0.2, -0.15) is 0 Å². The number of aromatic amines is 1. The molecule has 1 aliphatic rings. The van der Waals surface area contributed by atoms with Crippen LogP contribution >= 0.6 is 0 Å². The Morgan fingerprint density at radius 2 is 1.72 bits per heavy atom. The van der Waals surface area contributed by atoms with E-state index in [-0.39, 0.29) is 0 Å². The van der Waals surface area contributed by atoms with Crippen LogP contribution in [0.15, 0.2) is 47.7 Å². The minimum Gasteiger partial charge on any atom is -0.361 e. The van der Waals surface area contributed by atoms with Gasteiger partial charge in [0.2, 0.25) is 23.1 Å². The van der Waals surface area contributed by atoms with Gasteiger partial charge in [-0.15, -0.1) is 0 Å². The van der Waals surface area contributed by atoms with E-state index in [4.69, 9.17) is 0 Å². The molecule has 2 aromatic rings. The molecule has 0 radical (unpaired) electrons. The van der Waals surface area contributed by atoms with Gasteiger partial charge in [0.15, 0.2) is 0 Å². The van der Waals surface area contributed by atoms with E-state index in [2.05, 4.69) is 37.9 Å². The molecule has 1 saturated carbocycles. The summed E-state index contributed by atoms with van der Waals surface area (Å²) >= 11 is 0. The number of fused-ring (bicyclic) bond motifs is 1. The summed E-state index contributed by atoms with van der Waals surface area (Å²) in [4.78, 5) is 51.4. The molecule has 5 heteroatoms. The number of carbonyl (C=O) groups excluding carboxylic acids is 4. The topological polar surface area (TPSA) is 84.1 Å². The van der Waals surface area contributed by atoms with Gasteiger partial charge < -0.3 is 4.98 Å². The SMILES string of the molecule is CC(C)=CCC/C(C)=C/Cc1cccc2c(C3C(=O)C(=O)CC(=O)C3=O)c[nH]c12. The number of H-pyrrole nitrogens is 1. The van der Waals surface area contributed by atoms with E-state index >= 15 is 0 Å². The fourth-order valence-electron chi connectivity index (χ4n) is 3.67. The molecule has 1 fully saturated rings. The summed E-state index contributed by atoms with van der Waals surface area (Å²) in [5.41, 5.74) is 4.86. The molecule has 0 amide bonds. The fourth-order valence-corrected chi connectivity index (χ4v) is 3.67. The number of Topliss-reactive ketones (excluding diaryl/α,β-unsaturated/α-hetero) is 4. The third-order valence-corrected chi connectivity index (χ3v) is 5.30. The second-order valence-corrected chi connectivity index (χ2v) is 7.84. The first-order valence-electron chi connectivity index (χ1n) is 9.81.